The summed E-state index contributed by atoms with van der Waals surface area (Å²) in [6.45, 7) is 8.32. The second-order valence-electron chi connectivity index (χ2n) is 7.28. The molecule has 1 N–H and O–H groups in total. The molecule has 0 aromatic rings. The first kappa shape index (κ1) is 15.8. The van der Waals surface area contributed by atoms with Crippen LogP contribution in [0, 0.1) is 5.92 Å². The predicted octanol–water partition coefficient (Wildman–Crippen LogP) is 3.50. The summed E-state index contributed by atoms with van der Waals surface area (Å²) >= 11 is 0. The fourth-order valence-corrected chi connectivity index (χ4v) is 3.14. The number of rotatable bonds is 2. The Morgan fingerprint density at radius 1 is 1.00 bits per heavy atom. The number of hydrogen-bond donors (Lipinski definition) is 1. The van der Waals surface area contributed by atoms with Gasteiger partial charge in [-0.15, -0.1) is 0 Å². The van der Waals surface area contributed by atoms with Gasteiger partial charge in [0, 0.05) is 0 Å². The predicted molar refractivity (Wildman–Crippen MR) is 78.7 cm³/mol. The minimum absolute atomic E-state index is 0.138. The van der Waals surface area contributed by atoms with Crippen molar-refractivity contribution in [2.75, 3.05) is 0 Å². The van der Waals surface area contributed by atoms with Crippen molar-refractivity contribution in [1.82, 2.24) is 0 Å². The van der Waals surface area contributed by atoms with Crippen molar-refractivity contribution in [3.63, 3.8) is 0 Å². The molecule has 0 amide bonds. The van der Waals surface area contributed by atoms with Crippen LogP contribution in [0.15, 0.2) is 0 Å². The van der Waals surface area contributed by atoms with E-state index in [9.17, 15) is 4.79 Å². The van der Waals surface area contributed by atoms with Crippen LogP contribution in [-0.2, 0) is 14.1 Å². The number of carboxylic acid groups (broad SMARTS) is 1. The van der Waals surface area contributed by atoms with Crippen molar-refractivity contribution in [2.45, 2.75) is 83.2 Å². The third-order valence-corrected chi connectivity index (χ3v) is 5.26. The number of hydrogen-bond acceptors (Lipinski definition) is 3. The Labute approximate surface area is 122 Å². The summed E-state index contributed by atoms with van der Waals surface area (Å²) in [5.41, 5.74) is -0.548. The molecule has 0 unspecified atom stereocenters. The van der Waals surface area contributed by atoms with Gasteiger partial charge in [-0.2, -0.15) is 0 Å². The van der Waals surface area contributed by atoms with Crippen molar-refractivity contribution in [2.24, 2.45) is 5.92 Å². The van der Waals surface area contributed by atoms with Crippen LogP contribution >= 0.6 is 0 Å². The summed E-state index contributed by atoms with van der Waals surface area (Å²) in [4.78, 5) is 11.1. The normalized spacial score (nSPS) is 33.5. The zero-order valence-corrected chi connectivity index (χ0v) is 13.1. The molecule has 2 aliphatic rings. The second kappa shape index (κ2) is 5.68. The van der Waals surface area contributed by atoms with Gasteiger partial charge in [0.05, 0.1) is 17.1 Å². The molecule has 0 aromatic heterocycles. The van der Waals surface area contributed by atoms with Crippen LogP contribution in [0.1, 0.15) is 66.2 Å². The highest BCUT2D eigenvalue weighted by atomic mass is 16.7. The molecule has 20 heavy (non-hydrogen) atoms. The highest BCUT2D eigenvalue weighted by Crippen LogP contribution is 2.43. The molecule has 2 rings (SSSR count). The average Bonchev–Trinajstić information content (AvgIpc) is 2.46. The molecule has 1 aliphatic carbocycles. The fourth-order valence-electron chi connectivity index (χ4n) is 3.14. The lowest BCUT2D eigenvalue weighted by Crippen LogP contribution is -2.41. The van der Waals surface area contributed by atoms with E-state index in [-0.39, 0.29) is 24.2 Å². The van der Waals surface area contributed by atoms with Crippen molar-refractivity contribution < 1.29 is 19.2 Å². The van der Waals surface area contributed by atoms with Gasteiger partial charge in [-0.25, -0.2) is 0 Å². The van der Waals surface area contributed by atoms with E-state index in [0.29, 0.717) is 5.82 Å². The largest absolute Gasteiger partial charge is 0.481 e. The molecule has 0 aromatic carbocycles. The van der Waals surface area contributed by atoms with Gasteiger partial charge >= 0.3 is 13.1 Å². The summed E-state index contributed by atoms with van der Waals surface area (Å²) in [6, 6.07) is 0. The minimum Gasteiger partial charge on any atom is -0.481 e. The second-order valence-corrected chi connectivity index (χ2v) is 7.28. The van der Waals surface area contributed by atoms with Crippen LogP contribution in [0.3, 0.4) is 0 Å². The maximum Gasteiger partial charge on any atom is 0.461 e. The fraction of sp³-hybridized carbons (Fsp3) is 0.933. The first-order valence-electron chi connectivity index (χ1n) is 7.81. The van der Waals surface area contributed by atoms with Gasteiger partial charge in [0.25, 0.3) is 0 Å². The zero-order chi connectivity index (χ0) is 15.0. The molecular formula is C15H27BO4. The van der Waals surface area contributed by atoms with E-state index in [1.807, 2.05) is 0 Å². The number of carboxylic acids is 1. The van der Waals surface area contributed by atoms with Gasteiger partial charge in [-0.1, -0.05) is 25.7 Å². The molecular weight excluding hydrogens is 255 g/mol. The maximum absolute atomic E-state index is 11.1. The molecule has 5 heteroatoms. The number of carbonyl (C=O) groups is 1. The minimum atomic E-state index is -0.640. The van der Waals surface area contributed by atoms with E-state index in [1.165, 1.54) is 0 Å². The third kappa shape index (κ3) is 3.20. The van der Waals surface area contributed by atoms with E-state index in [2.05, 4.69) is 27.7 Å². The summed E-state index contributed by atoms with van der Waals surface area (Å²) < 4.78 is 12.3. The van der Waals surface area contributed by atoms with Crippen LogP contribution in [0.5, 0.6) is 0 Å². The van der Waals surface area contributed by atoms with Gasteiger partial charge in [0.15, 0.2) is 0 Å². The average molecular weight is 282 g/mol. The van der Waals surface area contributed by atoms with Crippen molar-refractivity contribution in [1.29, 1.82) is 0 Å². The molecule has 0 spiro atoms. The van der Waals surface area contributed by atoms with Gasteiger partial charge < -0.3 is 14.4 Å². The molecule has 0 atom stereocenters. The Balaban J connectivity index is 1.94. The van der Waals surface area contributed by atoms with Crippen LogP contribution in [0.4, 0.5) is 0 Å². The standard InChI is InChI=1S/C15H27BO4/c1-14(2)15(3,4)20-16(19-14)12-9-5-7-11(13(17)18)8-6-10-12/h11-12H,5-10H2,1-4H3,(H,17,18). The molecule has 0 bridgehead atoms. The molecule has 2 fully saturated rings. The van der Waals surface area contributed by atoms with Crippen LogP contribution in [-0.4, -0.2) is 29.4 Å². The monoisotopic (exact) mass is 282 g/mol. The number of aliphatic carboxylic acids is 1. The quantitative estimate of drug-likeness (QED) is 0.787. The van der Waals surface area contributed by atoms with Gasteiger partial charge in [-0.05, 0) is 46.4 Å². The highest BCUT2D eigenvalue weighted by molar-refractivity contribution is 6.47. The maximum atomic E-state index is 11.1. The molecule has 1 heterocycles. The van der Waals surface area contributed by atoms with Crippen LogP contribution in [0.2, 0.25) is 5.82 Å². The first-order chi connectivity index (χ1) is 9.23. The van der Waals surface area contributed by atoms with E-state index < -0.39 is 5.97 Å². The van der Waals surface area contributed by atoms with E-state index >= 15 is 0 Å². The lowest BCUT2D eigenvalue weighted by atomic mass is 9.65. The summed E-state index contributed by atoms with van der Waals surface area (Å²) in [6.07, 6.45) is 5.47. The lowest BCUT2D eigenvalue weighted by molar-refractivity contribution is -0.142. The Morgan fingerprint density at radius 2 is 1.45 bits per heavy atom. The van der Waals surface area contributed by atoms with Crippen LogP contribution in [0.25, 0.3) is 0 Å². The van der Waals surface area contributed by atoms with E-state index in [1.54, 1.807) is 0 Å². The first-order valence-corrected chi connectivity index (χ1v) is 7.81. The lowest BCUT2D eigenvalue weighted by Gasteiger charge is -2.32. The molecule has 1 saturated heterocycles. The third-order valence-electron chi connectivity index (χ3n) is 5.26. The molecule has 1 aliphatic heterocycles. The SMILES string of the molecule is CC1(C)OB(C2CCCC(C(=O)O)CCC2)OC1(C)C. The molecule has 1 saturated carbocycles. The summed E-state index contributed by atoms with van der Waals surface area (Å²) in [5, 5.41) is 9.12. The molecule has 0 radical (unpaired) electrons. The van der Waals surface area contributed by atoms with Crippen LogP contribution < -0.4 is 0 Å². The topological polar surface area (TPSA) is 55.8 Å². The van der Waals surface area contributed by atoms with Gasteiger partial charge in [0.1, 0.15) is 0 Å². The Bertz CT molecular complexity index is 341. The summed E-state index contributed by atoms with van der Waals surface area (Å²) in [7, 11) is -0.138. The Hall–Kier alpha value is -0.545. The summed E-state index contributed by atoms with van der Waals surface area (Å²) in [5.74, 6) is -0.404. The Kier molecular flexibility index (Phi) is 4.50. The van der Waals surface area contributed by atoms with Crippen molar-refractivity contribution >= 4 is 13.1 Å². The molecule has 114 valence electrons. The van der Waals surface area contributed by atoms with Gasteiger partial charge in [0.2, 0.25) is 0 Å². The Morgan fingerprint density at radius 3 is 1.85 bits per heavy atom. The zero-order valence-electron chi connectivity index (χ0n) is 13.1. The van der Waals surface area contributed by atoms with Crippen molar-refractivity contribution in [3.8, 4) is 0 Å². The molecule has 4 nitrogen and oxygen atoms in total. The van der Waals surface area contributed by atoms with E-state index in [0.717, 1.165) is 38.5 Å². The van der Waals surface area contributed by atoms with Gasteiger partial charge in [-0.3, -0.25) is 4.79 Å². The smallest absolute Gasteiger partial charge is 0.461 e. The van der Waals surface area contributed by atoms with Crippen molar-refractivity contribution in [3.05, 3.63) is 0 Å². The highest BCUT2D eigenvalue weighted by Gasteiger charge is 2.53. The van der Waals surface area contributed by atoms with E-state index in [4.69, 9.17) is 14.4 Å².